The van der Waals surface area contributed by atoms with Gasteiger partial charge in [0.25, 0.3) is 0 Å². The molecular formula is C11H20N2O3. The van der Waals surface area contributed by atoms with E-state index >= 15 is 0 Å². The molecule has 1 rings (SSSR count). The van der Waals surface area contributed by atoms with Crippen LogP contribution in [0.3, 0.4) is 0 Å². The fourth-order valence-electron chi connectivity index (χ4n) is 2.20. The van der Waals surface area contributed by atoms with Crippen LogP contribution in [0.2, 0.25) is 0 Å². The van der Waals surface area contributed by atoms with Crippen molar-refractivity contribution < 1.29 is 14.7 Å². The van der Waals surface area contributed by atoms with Crippen LogP contribution >= 0.6 is 0 Å². The number of carbonyl (C=O) groups excluding carboxylic acids is 1. The average Bonchev–Trinajstić information content (AvgIpc) is 2.69. The number of nitrogens with two attached hydrogens (primary N) is 1. The Morgan fingerprint density at radius 2 is 1.94 bits per heavy atom. The summed E-state index contributed by atoms with van der Waals surface area (Å²) < 4.78 is 0. The summed E-state index contributed by atoms with van der Waals surface area (Å²) in [7, 11) is 0. The van der Waals surface area contributed by atoms with E-state index in [0.29, 0.717) is 25.4 Å². The summed E-state index contributed by atoms with van der Waals surface area (Å²) in [5.74, 6) is -0.602. The molecule has 0 radical (unpaired) electrons. The first-order chi connectivity index (χ1) is 7.63. The Morgan fingerprint density at radius 1 is 1.31 bits per heavy atom. The van der Waals surface area contributed by atoms with Gasteiger partial charge in [-0.05, 0) is 18.8 Å². The molecule has 92 valence electrons. The lowest BCUT2D eigenvalue weighted by molar-refractivity contribution is -0.144. The normalized spacial score (nSPS) is 16.3. The van der Waals surface area contributed by atoms with Crippen LogP contribution < -0.4 is 5.73 Å². The molecule has 0 aromatic carbocycles. The minimum atomic E-state index is -0.978. The zero-order valence-electron chi connectivity index (χ0n) is 9.52. The molecule has 0 aromatic rings. The molecule has 3 N–H and O–H groups in total. The van der Waals surface area contributed by atoms with Crippen molar-refractivity contribution in [1.29, 1.82) is 0 Å². The lowest BCUT2D eigenvalue weighted by Gasteiger charge is -2.21. The van der Waals surface area contributed by atoms with E-state index < -0.39 is 5.97 Å². The SMILES string of the molecule is NCCN(CC(=O)O)C(=O)CC1CCCC1. The number of carboxylic acids is 1. The Kier molecular flexibility index (Phi) is 5.25. The molecule has 0 atom stereocenters. The molecule has 16 heavy (non-hydrogen) atoms. The standard InChI is InChI=1S/C11H20N2O3/c12-5-6-13(8-11(15)16)10(14)7-9-3-1-2-4-9/h9H,1-8,12H2,(H,15,16). The van der Waals surface area contributed by atoms with Gasteiger partial charge in [0.1, 0.15) is 6.54 Å². The average molecular weight is 228 g/mol. The fourth-order valence-corrected chi connectivity index (χ4v) is 2.20. The quantitative estimate of drug-likeness (QED) is 0.691. The Bertz CT molecular complexity index is 250. The molecule has 0 heterocycles. The van der Waals surface area contributed by atoms with E-state index in [0.717, 1.165) is 12.8 Å². The maximum atomic E-state index is 11.8. The number of amides is 1. The summed E-state index contributed by atoms with van der Waals surface area (Å²) >= 11 is 0. The van der Waals surface area contributed by atoms with E-state index in [1.807, 2.05) is 0 Å². The van der Waals surface area contributed by atoms with Crippen molar-refractivity contribution in [3.63, 3.8) is 0 Å². The molecule has 1 aliphatic carbocycles. The van der Waals surface area contributed by atoms with Gasteiger partial charge in [0, 0.05) is 19.5 Å². The monoisotopic (exact) mass is 228 g/mol. The lowest BCUT2D eigenvalue weighted by Crippen LogP contribution is -2.39. The lowest BCUT2D eigenvalue weighted by atomic mass is 10.0. The molecule has 1 fully saturated rings. The van der Waals surface area contributed by atoms with E-state index in [9.17, 15) is 9.59 Å². The van der Waals surface area contributed by atoms with Gasteiger partial charge in [-0.3, -0.25) is 9.59 Å². The predicted molar refractivity (Wildman–Crippen MR) is 59.8 cm³/mol. The number of carboxylic acid groups (broad SMARTS) is 1. The third-order valence-electron chi connectivity index (χ3n) is 3.02. The molecule has 0 unspecified atom stereocenters. The summed E-state index contributed by atoms with van der Waals surface area (Å²) in [4.78, 5) is 23.8. The number of aliphatic carboxylic acids is 1. The number of nitrogens with zero attached hydrogens (tertiary/aromatic N) is 1. The van der Waals surface area contributed by atoms with Crippen molar-refractivity contribution in [2.75, 3.05) is 19.6 Å². The largest absolute Gasteiger partial charge is 0.480 e. The van der Waals surface area contributed by atoms with Gasteiger partial charge in [-0.2, -0.15) is 0 Å². The fraction of sp³-hybridized carbons (Fsp3) is 0.818. The first-order valence-corrected chi connectivity index (χ1v) is 5.83. The number of carbonyl (C=O) groups is 2. The minimum absolute atomic E-state index is 0.0697. The second-order valence-electron chi connectivity index (χ2n) is 4.35. The highest BCUT2D eigenvalue weighted by Crippen LogP contribution is 2.27. The highest BCUT2D eigenvalue weighted by Gasteiger charge is 2.22. The predicted octanol–water partition coefficient (Wildman–Crippen LogP) is 0.439. The van der Waals surface area contributed by atoms with Crippen LogP contribution in [0.15, 0.2) is 0 Å². The molecular weight excluding hydrogens is 208 g/mol. The molecule has 5 nitrogen and oxygen atoms in total. The van der Waals surface area contributed by atoms with Gasteiger partial charge >= 0.3 is 5.97 Å². The molecule has 1 amide bonds. The second kappa shape index (κ2) is 6.48. The van der Waals surface area contributed by atoms with E-state index in [-0.39, 0.29) is 12.5 Å². The molecule has 1 aliphatic rings. The highest BCUT2D eigenvalue weighted by molar-refractivity contribution is 5.81. The molecule has 5 heteroatoms. The Morgan fingerprint density at radius 3 is 2.44 bits per heavy atom. The van der Waals surface area contributed by atoms with Gasteiger partial charge in [-0.25, -0.2) is 0 Å². The van der Waals surface area contributed by atoms with Gasteiger partial charge in [0.15, 0.2) is 0 Å². The maximum absolute atomic E-state index is 11.8. The number of hydrogen-bond donors (Lipinski definition) is 2. The maximum Gasteiger partial charge on any atom is 0.323 e. The van der Waals surface area contributed by atoms with Crippen molar-refractivity contribution >= 4 is 11.9 Å². The van der Waals surface area contributed by atoms with Gasteiger partial charge in [-0.1, -0.05) is 12.8 Å². The smallest absolute Gasteiger partial charge is 0.323 e. The summed E-state index contributed by atoms with van der Waals surface area (Å²) in [6.45, 7) is 0.407. The highest BCUT2D eigenvalue weighted by atomic mass is 16.4. The van der Waals surface area contributed by atoms with Crippen molar-refractivity contribution in [2.45, 2.75) is 32.1 Å². The third-order valence-corrected chi connectivity index (χ3v) is 3.02. The van der Waals surface area contributed by atoms with E-state index in [2.05, 4.69) is 0 Å². The number of hydrogen-bond acceptors (Lipinski definition) is 3. The van der Waals surface area contributed by atoms with Crippen molar-refractivity contribution in [1.82, 2.24) is 4.90 Å². The summed E-state index contributed by atoms with van der Waals surface area (Å²) in [6.07, 6.45) is 5.04. The molecule has 0 aromatic heterocycles. The van der Waals surface area contributed by atoms with E-state index in [1.165, 1.54) is 17.7 Å². The number of rotatable bonds is 6. The Labute approximate surface area is 95.6 Å². The molecule has 0 aliphatic heterocycles. The zero-order chi connectivity index (χ0) is 12.0. The van der Waals surface area contributed by atoms with Crippen LogP contribution in [-0.4, -0.2) is 41.5 Å². The summed E-state index contributed by atoms with van der Waals surface area (Å²) in [5.41, 5.74) is 5.36. The van der Waals surface area contributed by atoms with Crippen LogP contribution in [-0.2, 0) is 9.59 Å². The first kappa shape index (κ1) is 13.0. The second-order valence-corrected chi connectivity index (χ2v) is 4.35. The first-order valence-electron chi connectivity index (χ1n) is 5.83. The van der Waals surface area contributed by atoms with Gasteiger partial charge < -0.3 is 15.7 Å². The van der Waals surface area contributed by atoms with Gasteiger partial charge in [0.05, 0.1) is 0 Å². The van der Waals surface area contributed by atoms with E-state index in [1.54, 1.807) is 0 Å². The molecule has 0 bridgehead atoms. The molecule has 1 saturated carbocycles. The van der Waals surface area contributed by atoms with Crippen LogP contribution in [0, 0.1) is 5.92 Å². The van der Waals surface area contributed by atoms with Crippen LogP contribution in [0.25, 0.3) is 0 Å². The van der Waals surface area contributed by atoms with Gasteiger partial charge in [0.2, 0.25) is 5.91 Å². The van der Waals surface area contributed by atoms with Crippen LogP contribution in [0.5, 0.6) is 0 Å². The van der Waals surface area contributed by atoms with Crippen molar-refractivity contribution in [3.8, 4) is 0 Å². The van der Waals surface area contributed by atoms with Gasteiger partial charge in [-0.15, -0.1) is 0 Å². The van der Waals surface area contributed by atoms with Crippen LogP contribution in [0.1, 0.15) is 32.1 Å². The molecule has 0 spiro atoms. The minimum Gasteiger partial charge on any atom is -0.480 e. The third kappa shape index (κ3) is 4.18. The van der Waals surface area contributed by atoms with Crippen LogP contribution in [0.4, 0.5) is 0 Å². The van der Waals surface area contributed by atoms with Crippen molar-refractivity contribution in [3.05, 3.63) is 0 Å². The van der Waals surface area contributed by atoms with Crippen molar-refractivity contribution in [2.24, 2.45) is 11.7 Å². The Balaban J connectivity index is 2.42. The molecule has 0 saturated heterocycles. The topological polar surface area (TPSA) is 83.6 Å². The summed E-state index contributed by atoms with van der Waals surface area (Å²) in [5, 5.41) is 8.69. The summed E-state index contributed by atoms with van der Waals surface area (Å²) in [6, 6.07) is 0. The zero-order valence-corrected chi connectivity index (χ0v) is 9.52. The van der Waals surface area contributed by atoms with E-state index in [4.69, 9.17) is 10.8 Å². The Hall–Kier alpha value is -1.10.